The maximum Gasteiger partial charge on any atom is 0.260 e. The van der Waals surface area contributed by atoms with Crippen LogP contribution < -0.4 is 9.64 Å². The maximum atomic E-state index is 12.5. The number of anilines is 1. The zero-order valence-corrected chi connectivity index (χ0v) is 17.4. The van der Waals surface area contributed by atoms with Crippen molar-refractivity contribution in [2.75, 3.05) is 37.7 Å². The Bertz CT molecular complexity index is 1010. The highest BCUT2D eigenvalue weighted by Gasteiger charge is 2.23. The predicted molar refractivity (Wildman–Crippen MR) is 118 cm³/mol. The van der Waals surface area contributed by atoms with Gasteiger partial charge in [0.05, 0.1) is 0 Å². The van der Waals surface area contributed by atoms with Gasteiger partial charge < -0.3 is 14.5 Å². The van der Waals surface area contributed by atoms with E-state index in [9.17, 15) is 4.79 Å². The Morgan fingerprint density at radius 1 is 0.933 bits per heavy atom. The number of hydrogen-bond acceptors (Lipinski definition) is 5. The smallest absolute Gasteiger partial charge is 0.260 e. The van der Waals surface area contributed by atoms with Crippen molar-refractivity contribution in [3.63, 3.8) is 0 Å². The van der Waals surface area contributed by atoms with E-state index in [0.717, 1.165) is 36.0 Å². The molecule has 4 rings (SSSR count). The average Bonchev–Trinajstić information content (AvgIpc) is 2.78. The molecule has 0 radical (unpaired) electrons. The van der Waals surface area contributed by atoms with Gasteiger partial charge in [0.25, 0.3) is 5.91 Å². The van der Waals surface area contributed by atoms with Gasteiger partial charge in [0.2, 0.25) is 0 Å². The van der Waals surface area contributed by atoms with Crippen molar-refractivity contribution in [2.24, 2.45) is 0 Å². The molecule has 0 spiro atoms. The summed E-state index contributed by atoms with van der Waals surface area (Å²) in [6.07, 6.45) is 0. The van der Waals surface area contributed by atoms with Crippen LogP contribution in [-0.4, -0.2) is 53.6 Å². The summed E-state index contributed by atoms with van der Waals surface area (Å²) in [5, 5.41) is 0. The summed E-state index contributed by atoms with van der Waals surface area (Å²) < 4.78 is 5.60. The molecule has 0 aliphatic carbocycles. The highest BCUT2D eigenvalue weighted by Crippen LogP contribution is 2.22. The second-order valence-electron chi connectivity index (χ2n) is 7.53. The first kappa shape index (κ1) is 19.9. The van der Waals surface area contributed by atoms with Crippen molar-refractivity contribution in [3.05, 3.63) is 71.9 Å². The number of carbonyl (C=O) groups is 1. The fourth-order valence-corrected chi connectivity index (χ4v) is 3.57. The predicted octanol–water partition coefficient (Wildman–Crippen LogP) is 3.49. The van der Waals surface area contributed by atoms with E-state index in [4.69, 9.17) is 9.72 Å². The molecule has 6 nitrogen and oxygen atoms in total. The molecular weight excluding hydrogens is 376 g/mol. The minimum absolute atomic E-state index is 0.0119. The number of carbonyl (C=O) groups excluding carboxylic acids is 1. The maximum absolute atomic E-state index is 12.5. The lowest BCUT2D eigenvalue weighted by Gasteiger charge is -2.35. The number of aromatic nitrogens is 2. The van der Waals surface area contributed by atoms with Crippen LogP contribution in [-0.2, 0) is 4.79 Å². The summed E-state index contributed by atoms with van der Waals surface area (Å²) in [5.74, 6) is 2.37. The molecule has 0 N–H and O–H groups in total. The van der Waals surface area contributed by atoms with Crippen LogP contribution in [0, 0.1) is 13.8 Å². The molecule has 0 bridgehead atoms. The molecule has 1 aliphatic heterocycles. The minimum atomic E-state index is 0.0119. The molecule has 0 saturated carbocycles. The Morgan fingerprint density at radius 3 is 2.43 bits per heavy atom. The fourth-order valence-electron chi connectivity index (χ4n) is 3.57. The number of nitrogens with zero attached hydrogens (tertiary/aromatic N) is 4. The van der Waals surface area contributed by atoms with E-state index < -0.39 is 0 Å². The molecule has 1 aliphatic rings. The van der Waals surface area contributed by atoms with E-state index in [-0.39, 0.29) is 12.5 Å². The van der Waals surface area contributed by atoms with E-state index in [1.807, 2.05) is 60.4 Å². The number of rotatable bonds is 5. The van der Waals surface area contributed by atoms with Crippen LogP contribution in [0.3, 0.4) is 0 Å². The molecule has 0 unspecified atom stereocenters. The summed E-state index contributed by atoms with van der Waals surface area (Å²) in [7, 11) is 0. The number of hydrogen-bond donors (Lipinski definition) is 0. The first-order valence-electron chi connectivity index (χ1n) is 10.2. The topological polar surface area (TPSA) is 58.6 Å². The largest absolute Gasteiger partial charge is 0.484 e. The normalized spacial score (nSPS) is 13.9. The SMILES string of the molecule is Cc1cccc(-c2nc(C)cc(N3CCN(C(=O)COc4ccccc4)CC3)n2)c1. The van der Waals surface area contributed by atoms with Crippen molar-refractivity contribution in [1.82, 2.24) is 14.9 Å². The van der Waals surface area contributed by atoms with Crippen LogP contribution in [0.1, 0.15) is 11.3 Å². The first-order valence-corrected chi connectivity index (χ1v) is 10.2. The first-order chi connectivity index (χ1) is 14.6. The van der Waals surface area contributed by atoms with Crippen molar-refractivity contribution in [1.29, 1.82) is 0 Å². The fraction of sp³-hybridized carbons (Fsp3) is 0.292. The van der Waals surface area contributed by atoms with E-state index in [1.165, 1.54) is 5.56 Å². The lowest BCUT2D eigenvalue weighted by Crippen LogP contribution is -2.50. The standard InChI is InChI=1S/C24H26N4O2/c1-18-7-6-8-20(15-18)24-25-19(2)16-22(26-24)27-11-13-28(14-12-27)23(29)17-30-21-9-4-3-5-10-21/h3-10,15-16H,11-14,17H2,1-2H3. The van der Waals surface area contributed by atoms with Gasteiger partial charge in [0.15, 0.2) is 12.4 Å². The summed E-state index contributed by atoms with van der Waals surface area (Å²) in [6, 6.07) is 19.7. The Balaban J connectivity index is 1.38. The van der Waals surface area contributed by atoms with Crippen LogP contribution in [0.5, 0.6) is 5.75 Å². The number of aryl methyl sites for hydroxylation is 2. The molecule has 2 aromatic carbocycles. The average molecular weight is 402 g/mol. The molecule has 1 aromatic heterocycles. The molecule has 6 heteroatoms. The number of amides is 1. The molecule has 0 atom stereocenters. The van der Waals surface area contributed by atoms with Gasteiger partial charge in [0, 0.05) is 43.5 Å². The van der Waals surface area contributed by atoms with Crippen LogP contribution >= 0.6 is 0 Å². The van der Waals surface area contributed by atoms with Crippen molar-refractivity contribution in [3.8, 4) is 17.1 Å². The zero-order chi connectivity index (χ0) is 20.9. The number of benzene rings is 2. The van der Waals surface area contributed by atoms with Gasteiger partial charge in [-0.3, -0.25) is 4.79 Å². The molecule has 154 valence electrons. The quantitative estimate of drug-likeness (QED) is 0.654. The monoisotopic (exact) mass is 402 g/mol. The van der Waals surface area contributed by atoms with Gasteiger partial charge in [-0.15, -0.1) is 0 Å². The second-order valence-corrected chi connectivity index (χ2v) is 7.53. The highest BCUT2D eigenvalue weighted by atomic mass is 16.5. The second kappa shape index (κ2) is 8.95. The molecule has 30 heavy (non-hydrogen) atoms. The van der Waals surface area contributed by atoms with Gasteiger partial charge in [-0.05, 0) is 32.0 Å². The molecule has 1 saturated heterocycles. The number of ether oxygens (including phenoxy) is 1. The molecule has 2 heterocycles. The third-order valence-corrected chi connectivity index (χ3v) is 5.18. The lowest BCUT2D eigenvalue weighted by atomic mass is 10.1. The van der Waals surface area contributed by atoms with E-state index >= 15 is 0 Å². The number of para-hydroxylation sites is 1. The van der Waals surface area contributed by atoms with Gasteiger partial charge >= 0.3 is 0 Å². The molecular formula is C24H26N4O2. The number of piperazine rings is 1. The summed E-state index contributed by atoms with van der Waals surface area (Å²) in [6.45, 7) is 6.90. The molecule has 1 fully saturated rings. The zero-order valence-electron chi connectivity index (χ0n) is 17.4. The Labute approximate surface area is 177 Å². The van der Waals surface area contributed by atoms with Gasteiger partial charge in [-0.2, -0.15) is 0 Å². The van der Waals surface area contributed by atoms with Gasteiger partial charge in [-0.1, -0.05) is 42.0 Å². The van der Waals surface area contributed by atoms with Crippen LogP contribution in [0.4, 0.5) is 5.82 Å². The van der Waals surface area contributed by atoms with E-state index in [1.54, 1.807) is 0 Å². The van der Waals surface area contributed by atoms with E-state index in [2.05, 4.69) is 28.9 Å². The van der Waals surface area contributed by atoms with E-state index in [0.29, 0.717) is 18.8 Å². The Hall–Kier alpha value is -3.41. The lowest BCUT2D eigenvalue weighted by molar-refractivity contribution is -0.133. The van der Waals surface area contributed by atoms with Crippen molar-refractivity contribution >= 4 is 11.7 Å². The van der Waals surface area contributed by atoms with Crippen molar-refractivity contribution in [2.45, 2.75) is 13.8 Å². The highest BCUT2D eigenvalue weighted by molar-refractivity contribution is 5.78. The van der Waals surface area contributed by atoms with Crippen LogP contribution in [0.2, 0.25) is 0 Å². The Kier molecular flexibility index (Phi) is 5.93. The van der Waals surface area contributed by atoms with Crippen molar-refractivity contribution < 1.29 is 9.53 Å². The van der Waals surface area contributed by atoms with Gasteiger partial charge in [-0.25, -0.2) is 9.97 Å². The minimum Gasteiger partial charge on any atom is -0.484 e. The molecule has 3 aromatic rings. The third-order valence-electron chi connectivity index (χ3n) is 5.18. The third kappa shape index (κ3) is 4.76. The van der Waals surface area contributed by atoms with Crippen LogP contribution in [0.15, 0.2) is 60.7 Å². The summed E-state index contributed by atoms with van der Waals surface area (Å²) in [5.41, 5.74) is 3.14. The Morgan fingerprint density at radius 2 is 1.70 bits per heavy atom. The summed E-state index contributed by atoms with van der Waals surface area (Å²) >= 11 is 0. The van der Waals surface area contributed by atoms with Gasteiger partial charge in [0.1, 0.15) is 11.6 Å². The summed E-state index contributed by atoms with van der Waals surface area (Å²) in [4.78, 5) is 26.0. The van der Waals surface area contributed by atoms with Crippen LogP contribution in [0.25, 0.3) is 11.4 Å². The molecule has 1 amide bonds.